The first kappa shape index (κ1) is 10.1. The van der Waals surface area contributed by atoms with Gasteiger partial charge in [0.2, 0.25) is 0 Å². The van der Waals surface area contributed by atoms with Crippen LogP contribution in [0.1, 0.15) is 12.8 Å². The summed E-state index contributed by atoms with van der Waals surface area (Å²) in [7, 11) is 0. The molecule has 1 aliphatic heterocycles. The third-order valence-corrected chi connectivity index (χ3v) is 3.99. The monoisotopic (exact) mass is 234 g/mol. The minimum Gasteiger partial charge on any atom is -0.391 e. The first-order valence-electron chi connectivity index (χ1n) is 5.62. The third-order valence-electron chi connectivity index (χ3n) is 3.05. The molecule has 3 rings (SSSR count). The van der Waals surface area contributed by atoms with E-state index < -0.39 is 0 Å². The molecule has 1 aromatic heterocycles. The molecule has 1 atom stereocenters. The summed E-state index contributed by atoms with van der Waals surface area (Å²) in [6, 6.07) is 8.20. The van der Waals surface area contributed by atoms with Crippen LogP contribution >= 0.6 is 11.5 Å². The van der Waals surface area contributed by atoms with Gasteiger partial charge in [0, 0.05) is 18.5 Å². The molecule has 1 aliphatic rings. The summed E-state index contributed by atoms with van der Waals surface area (Å²) in [5, 5.41) is 12.1. The Morgan fingerprint density at radius 1 is 1.38 bits per heavy atom. The van der Waals surface area contributed by atoms with Crippen molar-refractivity contribution in [2.45, 2.75) is 18.9 Å². The van der Waals surface area contributed by atoms with Crippen LogP contribution in [-0.4, -0.2) is 28.7 Å². The molecular formula is C12H14N2OS. The number of rotatable bonds is 1. The molecule has 0 radical (unpaired) electrons. The van der Waals surface area contributed by atoms with Gasteiger partial charge in [-0.05, 0) is 36.5 Å². The van der Waals surface area contributed by atoms with Gasteiger partial charge in [-0.15, -0.1) is 0 Å². The van der Waals surface area contributed by atoms with E-state index in [-0.39, 0.29) is 6.10 Å². The highest BCUT2D eigenvalue weighted by Crippen LogP contribution is 2.32. The van der Waals surface area contributed by atoms with E-state index in [0.717, 1.165) is 31.4 Å². The second-order valence-corrected chi connectivity index (χ2v) is 5.00. The second-order valence-electron chi connectivity index (χ2n) is 4.25. The van der Waals surface area contributed by atoms with Gasteiger partial charge in [0.25, 0.3) is 0 Å². The number of hydrogen-bond donors (Lipinski definition) is 1. The third kappa shape index (κ3) is 1.68. The summed E-state index contributed by atoms with van der Waals surface area (Å²) in [6.45, 7) is 1.77. The molecule has 1 saturated heterocycles. The predicted molar refractivity (Wildman–Crippen MR) is 67.1 cm³/mol. The van der Waals surface area contributed by atoms with E-state index >= 15 is 0 Å². The highest BCUT2D eigenvalue weighted by molar-refractivity contribution is 7.11. The van der Waals surface area contributed by atoms with Crippen molar-refractivity contribution < 1.29 is 5.11 Å². The molecule has 0 saturated carbocycles. The Bertz CT molecular complexity index is 496. The average molecular weight is 234 g/mol. The van der Waals surface area contributed by atoms with Crippen molar-refractivity contribution in [3.05, 3.63) is 24.3 Å². The molecule has 1 N–H and O–H groups in total. The standard InChI is InChI=1S/C12H14N2OS/c15-9-4-3-7-14(8-9)12-10-5-1-2-6-11(10)13-16-12/h1-2,5-6,9,15H,3-4,7-8H2. The van der Waals surface area contributed by atoms with Gasteiger partial charge < -0.3 is 10.0 Å². The van der Waals surface area contributed by atoms with Crippen molar-refractivity contribution in [3.8, 4) is 0 Å². The van der Waals surface area contributed by atoms with E-state index in [1.807, 2.05) is 18.2 Å². The number of nitrogens with zero attached hydrogens (tertiary/aromatic N) is 2. The zero-order chi connectivity index (χ0) is 11.0. The summed E-state index contributed by atoms with van der Waals surface area (Å²) < 4.78 is 4.44. The van der Waals surface area contributed by atoms with Gasteiger partial charge in [0.15, 0.2) is 0 Å². The molecule has 16 heavy (non-hydrogen) atoms. The van der Waals surface area contributed by atoms with Gasteiger partial charge in [-0.3, -0.25) is 0 Å². The molecule has 0 amide bonds. The van der Waals surface area contributed by atoms with E-state index in [0.29, 0.717) is 0 Å². The number of benzene rings is 1. The van der Waals surface area contributed by atoms with E-state index in [4.69, 9.17) is 0 Å². The van der Waals surface area contributed by atoms with Crippen molar-refractivity contribution in [2.24, 2.45) is 0 Å². The van der Waals surface area contributed by atoms with Gasteiger partial charge >= 0.3 is 0 Å². The minimum atomic E-state index is -0.186. The Kier molecular flexibility index (Phi) is 2.53. The summed E-state index contributed by atoms with van der Waals surface area (Å²) in [6.07, 6.45) is 1.80. The predicted octanol–water partition coefficient (Wildman–Crippen LogP) is 2.26. The molecule has 84 valence electrons. The number of aliphatic hydroxyl groups excluding tert-OH is 1. The number of hydrogen-bond acceptors (Lipinski definition) is 4. The maximum absolute atomic E-state index is 9.69. The number of β-amino-alcohol motifs (C(OH)–C–C–N with tert-alkyl or cyclic N) is 1. The van der Waals surface area contributed by atoms with E-state index in [9.17, 15) is 5.11 Å². The molecule has 4 heteroatoms. The van der Waals surface area contributed by atoms with Gasteiger partial charge in [0.05, 0.1) is 11.6 Å². The summed E-state index contributed by atoms with van der Waals surface area (Å²) in [5.74, 6) is 0. The quantitative estimate of drug-likeness (QED) is 0.822. The van der Waals surface area contributed by atoms with Crippen LogP contribution < -0.4 is 4.90 Å². The largest absolute Gasteiger partial charge is 0.391 e. The van der Waals surface area contributed by atoms with Crippen LogP contribution in [0.15, 0.2) is 24.3 Å². The van der Waals surface area contributed by atoms with Gasteiger partial charge in [-0.2, -0.15) is 4.37 Å². The number of piperidine rings is 1. The molecule has 0 bridgehead atoms. The van der Waals surface area contributed by atoms with Crippen LogP contribution in [0.3, 0.4) is 0 Å². The number of aliphatic hydroxyl groups is 1. The lowest BCUT2D eigenvalue weighted by Crippen LogP contribution is -2.37. The molecule has 0 spiro atoms. The zero-order valence-electron chi connectivity index (χ0n) is 8.97. The second kappa shape index (κ2) is 4.03. The fourth-order valence-electron chi connectivity index (χ4n) is 2.24. The summed E-state index contributed by atoms with van der Waals surface area (Å²) in [5.41, 5.74) is 1.06. The Labute approximate surface area is 98.5 Å². The van der Waals surface area contributed by atoms with Crippen molar-refractivity contribution in [1.29, 1.82) is 0 Å². The van der Waals surface area contributed by atoms with Crippen molar-refractivity contribution in [1.82, 2.24) is 4.37 Å². The SMILES string of the molecule is OC1CCCN(c2snc3ccccc23)C1. The Morgan fingerprint density at radius 3 is 3.12 bits per heavy atom. The van der Waals surface area contributed by atoms with Gasteiger partial charge in [-0.1, -0.05) is 12.1 Å². The minimum absolute atomic E-state index is 0.186. The molecular weight excluding hydrogens is 220 g/mol. The zero-order valence-corrected chi connectivity index (χ0v) is 9.78. The molecule has 3 nitrogen and oxygen atoms in total. The Balaban J connectivity index is 1.99. The van der Waals surface area contributed by atoms with Crippen LogP contribution in [-0.2, 0) is 0 Å². The lowest BCUT2D eigenvalue weighted by Gasteiger charge is -2.30. The van der Waals surface area contributed by atoms with Crippen LogP contribution in [0, 0.1) is 0 Å². The Hall–Kier alpha value is -1.13. The van der Waals surface area contributed by atoms with Crippen molar-refractivity contribution in [2.75, 3.05) is 18.0 Å². The summed E-state index contributed by atoms with van der Waals surface area (Å²) in [4.78, 5) is 2.26. The maximum Gasteiger partial charge on any atom is 0.120 e. The fourth-order valence-corrected chi connectivity index (χ4v) is 3.14. The fraction of sp³-hybridized carbons (Fsp3) is 0.417. The lowest BCUT2D eigenvalue weighted by atomic mass is 10.1. The average Bonchev–Trinajstić information content (AvgIpc) is 2.72. The van der Waals surface area contributed by atoms with Crippen LogP contribution in [0.5, 0.6) is 0 Å². The molecule has 2 aromatic rings. The van der Waals surface area contributed by atoms with Crippen molar-refractivity contribution in [3.63, 3.8) is 0 Å². The highest BCUT2D eigenvalue weighted by Gasteiger charge is 2.20. The topological polar surface area (TPSA) is 36.4 Å². The normalized spacial score (nSPS) is 21.6. The first-order valence-corrected chi connectivity index (χ1v) is 6.39. The molecule has 0 aliphatic carbocycles. The highest BCUT2D eigenvalue weighted by atomic mass is 32.1. The lowest BCUT2D eigenvalue weighted by molar-refractivity contribution is 0.154. The first-order chi connectivity index (χ1) is 7.84. The van der Waals surface area contributed by atoms with Crippen LogP contribution in [0.25, 0.3) is 10.9 Å². The molecule has 1 fully saturated rings. The van der Waals surface area contributed by atoms with E-state index in [2.05, 4.69) is 15.3 Å². The smallest absolute Gasteiger partial charge is 0.120 e. The van der Waals surface area contributed by atoms with E-state index in [1.54, 1.807) is 0 Å². The maximum atomic E-state index is 9.69. The van der Waals surface area contributed by atoms with Crippen LogP contribution in [0.2, 0.25) is 0 Å². The van der Waals surface area contributed by atoms with Gasteiger partial charge in [-0.25, -0.2) is 0 Å². The number of anilines is 1. The Morgan fingerprint density at radius 2 is 2.25 bits per heavy atom. The summed E-state index contributed by atoms with van der Waals surface area (Å²) >= 11 is 1.54. The number of aromatic nitrogens is 1. The van der Waals surface area contributed by atoms with Crippen LogP contribution in [0.4, 0.5) is 5.00 Å². The van der Waals surface area contributed by atoms with Crippen molar-refractivity contribution >= 4 is 27.4 Å². The van der Waals surface area contributed by atoms with Gasteiger partial charge in [0.1, 0.15) is 5.00 Å². The molecule has 1 aromatic carbocycles. The molecule has 2 heterocycles. The van der Waals surface area contributed by atoms with E-state index in [1.165, 1.54) is 21.9 Å². The number of fused-ring (bicyclic) bond motifs is 1. The molecule has 1 unspecified atom stereocenters.